The van der Waals surface area contributed by atoms with Gasteiger partial charge >= 0.3 is 0 Å². The van der Waals surface area contributed by atoms with Crippen LogP contribution in [0.4, 0.5) is 0 Å². The Morgan fingerprint density at radius 2 is 2.10 bits per heavy atom. The van der Waals surface area contributed by atoms with E-state index in [1.54, 1.807) is 0 Å². The smallest absolute Gasteiger partial charge is 0.0690 e. The fourth-order valence-electron chi connectivity index (χ4n) is 1.43. The van der Waals surface area contributed by atoms with E-state index in [1.165, 1.54) is 11.3 Å². The maximum absolute atomic E-state index is 4.42. The summed E-state index contributed by atoms with van der Waals surface area (Å²) in [6, 6.07) is 0.431. The first-order valence-electron chi connectivity index (χ1n) is 3.87. The highest BCUT2D eigenvalue weighted by Gasteiger charge is 2.15. The minimum absolute atomic E-state index is 0.431. The molecule has 0 bridgehead atoms. The molecule has 0 aromatic rings. The first kappa shape index (κ1) is 7.52. The maximum Gasteiger partial charge on any atom is 0.0690 e. The monoisotopic (exact) mass is 137 g/mol. The second-order valence-electron chi connectivity index (χ2n) is 3.25. The Hall–Kier alpha value is -0.590. The van der Waals surface area contributed by atoms with E-state index in [1.807, 2.05) is 0 Å². The lowest BCUT2D eigenvalue weighted by Gasteiger charge is -2.09. The highest BCUT2D eigenvalue weighted by Crippen LogP contribution is 2.21. The molecule has 0 radical (unpaired) electrons. The fraction of sp³-hybridized carbons (Fsp3) is 0.667. The van der Waals surface area contributed by atoms with E-state index in [2.05, 4.69) is 38.8 Å². The van der Waals surface area contributed by atoms with Crippen molar-refractivity contribution in [2.45, 2.75) is 33.7 Å². The second-order valence-corrected chi connectivity index (χ2v) is 3.25. The Bertz CT molecular complexity index is 187. The Labute approximate surface area is 62.9 Å². The van der Waals surface area contributed by atoms with Gasteiger partial charge in [-0.25, -0.2) is 0 Å². The molecule has 1 rings (SSSR count). The van der Waals surface area contributed by atoms with Gasteiger partial charge in [-0.1, -0.05) is 13.8 Å². The van der Waals surface area contributed by atoms with Gasteiger partial charge in [0.15, 0.2) is 0 Å². The molecule has 1 heterocycles. The molecule has 0 aromatic carbocycles. The maximum atomic E-state index is 4.42. The summed E-state index contributed by atoms with van der Waals surface area (Å²) in [4.78, 5) is 4.42. The summed E-state index contributed by atoms with van der Waals surface area (Å²) in [5, 5.41) is 0. The summed E-state index contributed by atoms with van der Waals surface area (Å²) < 4.78 is 0. The fourth-order valence-corrected chi connectivity index (χ4v) is 1.43. The normalized spacial score (nSPS) is 25.1. The molecule has 0 fully saturated rings. The molecule has 1 unspecified atom stereocenters. The third-order valence-corrected chi connectivity index (χ3v) is 1.92. The van der Waals surface area contributed by atoms with Crippen molar-refractivity contribution in [1.82, 2.24) is 0 Å². The molecule has 0 spiro atoms. The molecule has 1 atom stereocenters. The number of rotatable bonds is 1. The molecule has 0 aromatic heterocycles. The van der Waals surface area contributed by atoms with Crippen LogP contribution >= 0.6 is 0 Å². The molecule has 1 aliphatic heterocycles. The van der Waals surface area contributed by atoms with E-state index in [0.29, 0.717) is 12.0 Å². The van der Waals surface area contributed by atoms with Crippen LogP contribution in [0, 0.1) is 5.92 Å². The number of nitrogens with zero attached hydrogens (tertiary/aromatic N) is 1. The summed E-state index contributed by atoms with van der Waals surface area (Å²) in [6.07, 6.45) is 2.20. The van der Waals surface area contributed by atoms with Crippen molar-refractivity contribution in [3.05, 3.63) is 11.6 Å². The van der Waals surface area contributed by atoms with Gasteiger partial charge in [0.25, 0.3) is 0 Å². The first-order chi connectivity index (χ1) is 4.61. The summed E-state index contributed by atoms with van der Waals surface area (Å²) >= 11 is 0. The van der Waals surface area contributed by atoms with Gasteiger partial charge < -0.3 is 0 Å². The van der Waals surface area contributed by atoms with E-state index < -0.39 is 0 Å². The van der Waals surface area contributed by atoms with Gasteiger partial charge in [-0.2, -0.15) is 0 Å². The molecule has 0 N–H and O–H groups in total. The van der Waals surface area contributed by atoms with Gasteiger partial charge in [-0.3, -0.25) is 4.99 Å². The number of hydrogen-bond acceptors (Lipinski definition) is 1. The molecule has 10 heavy (non-hydrogen) atoms. The summed E-state index contributed by atoms with van der Waals surface area (Å²) in [7, 11) is 0. The standard InChI is InChI=1S/C9H15N/c1-6(2)9-5-7(3)10-8(9)4/h5-6,8H,1-4H3. The average molecular weight is 137 g/mol. The molecule has 0 saturated carbocycles. The largest absolute Gasteiger partial charge is 0.283 e. The van der Waals surface area contributed by atoms with Crippen LogP contribution in [0.5, 0.6) is 0 Å². The summed E-state index contributed by atoms with van der Waals surface area (Å²) in [5.41, 5.74) is 2.65. The van der Waals surface area contributed by atoms with Crippen LogP contribution in [0.1, 0.15) is 27.7 Å². The van der Waals surface area contributed by atoms with Crippen molar-refractivity contribution in [2.24, 2.45) is 10.9 Å². The van der Waals surface area contributed by atoms with Crippen LogP contribution in [0.3, 0.4) is 0 Å². The first-order valence-corrected chi connectivity index (χ1v) is 3.87. The van der Waals surface area contributed by atoms with E-state index in [4.69, 9.17) is 0 Å². The van der Waals surface area contributed by atoms with Crippen LogP contribution in [-0.2, 0) is 0 Å². The predicted molar refractivity (Wildman–Crippen MR) is 45.5 cm³/mol. The van der Waals surface area contributed by atoms with Gasteiger partial charge in [0, 0.05) is 5.71 Å². The van der Waals surface area contributed by atoms with Gasteiger partial charge in [0.2, 0.25) is 0 Å². The van der Waals surface area contributed by atoms with Crippen molar-refractivity contribution in [3.8, 4) is 0 Å². The zero-order valence-corrected chi connectivity index (χ0v) is 7.18. The molecule has 0 amide bonds. The number of aliphatic imine (C=N–C) groups is 1. The molecular weight excluding hydrogens is 122 g/mol. The topological polar surface area (TPSA) is 12.4 Å². The average Bonchev–Trinajstić information content (AvgIpc) is 2.10. The predicted octanol–water partition coefficient (Wildman–Crippen LogP) is 2.43. The molecule has 56 valence electrons. The summed E-state index contributed by atoms with van der Waals surface area (Å²) in [5.74, 6) is 0.649. The molecule has 1 aliphatic rings. The number of allylic oxidation sites excluding steroid dienone is 1. The van der Waals surface area contributed by atoms with Crippen molar-refractivity contribution in [1.29, 1.82) is 0 Å². The van der Waals surface area contributed by atoms with Gasteiger partial charge in [0.05, 0.1) is 6.04 Å². The van der Waals surface area contributed by atoms with Crippen molar-refractivity contribution in [2.75, 3.05) is 0 Å². The van der Waals surface area contributed by atoms with Crippen LogP contribution < -0.4 is 0 Å². The SMILES string of the molecule is CC1=NC(C)C(C(C)C)=C1. The Balaban J connectivity index is 2.75. The molecule has 1 nitrogen and oxygen atoms in total. The van der Waals surface area contributed by atoms with Crippen molar-refractivity contribution < 1.29 is 0 Å². The molecule has 1 heteroatoms. The zero-order chi connectivity index (χ0) is 7.72. The quantitative estimate of drug-likeness (QED) is 0.526. The highest BCUT2D eigenvalue weighted by molar-refractivity contribution is 5.95. The Morgan fingerprint density at radius 3 is 2.30 bits per heavy atom. The van der Waals surface area contributed by atoms with Crippen LogP contribution in [-0.4, -0.2) is 11.8 Å². The second kappa shape index (κ2) is 2.57. The van der Waals surface area contributed by atoms with Gasteiger partial charge in [0.1, 0.15) is 0 Å². The van der Waals surface area contributed by atoms with Crippen molar-refractivity contribution in [3.63, 3.8) is 0 Å². The van der Waals surface area contributed by atoms with Crippen LogP contribution in [0.2, 0.25) is 0 Å². The Kier molecular flexibility index (Phi) is 1.93. The van der Waals surface area contributed by atoms with E-state index in [0.717, 1.165) is 0 Å². The van der Waals surface area contributed by atoms with E-state index >= 15 is 0 Å². The molecule has 0 saturated heterocycles. The summed E-state index contributed by atoms with van der Waals surface area (Å²) in [6.45, 7) is 8.65. The van der Waals surface area contributed by atoms with Crippen LogP contribution in [0.25, 0.3) is 0 Å². The lowest BCUT2D eigenvalue weighted by molar-refractivity contribution is 0.688. The molecule has 0 aliphatic carbocycles. The van der Waals surface area contributed by atoms with Crippen LogP contribution in [0.15, 0.2) is 16.6 Å². The van der Waals surface area contributed by atoms with E-state index in [9.17, 15) is 0 Å². The number of hydrogen-bond donors (Lipinski definition) is 0. The third-order valence-electron chi connectivity index (χ3n) is 1.92. The van der Waals surface area contributed by atoms with Gasteiger partial charge in [-0.15, -0.1) is 0 Å². The van der Waals surface area contributed by atoms with Crippen molar-refractivity contribution >= 4 is 5.71 Å². The lowest BCUT2D eigenvalue weighted by Crippen LogP contribution is -2.04. The highest BCUT2D eigenvalue weighted by atomic mass is 14.8. The van der Waals surface area contributed by atoms with Gasteiger partial charge in [-0.05, 0) is 31.4 Å². The Morgan fingerprint density at radius 1 is 1.50 bits per heavy atom. The minimum atomic E-state index is 0.431. The minimum Gasteiger partial charge on any atom is -0.283 e. The molecular formula is C9H15N. The lowest BCUT2D eigenvalue weighted by atomic mass is 9.98. The van der Waals surface area contributed by atoms with E-state index in [-0.39, 0.29) is 0 Å². The third kappa shape index (κ3) is 1.28. The zero-order valence-electron chi connectivity index (χ0n) is 7.18.